The molecule has 0 aliphatic heterocycles. The molecule has 1 N–H and O–H groups in total. The van der Waals surface area contributed by atoms with Gasteiger partial charge in [-0.15, -0.1) is 0 Å². The molecule has 0 saturated carbocycles. The first-order valence-electron chi connectivity index (χ1n) is 7.07. The quantitative estimate of drug-likeness (QED) is 0.866. The number of nitrogens with one attached hydrogen (secondary N) is 1. The smallest absolute Gasteiger partial charge is 0.119 e. The van der Waals surface area contributed by atoms with Crippen molar-refractivity contribution < 1.29 is 4.74 Å². The highest BCUT2D eigenvalue weighted by Crippen LogP contribution is 2.23. The topological polar surface area (TPSA) is 21.3 Å². The Hall–Kier alpha value is -1.80. The van der Waals surface area contributed by atoms with Gasteiger partial charge in [-0.05, 0) is 43.7 Å². The van der Waals surface area contributed by atoms with E-state index < -0.39 is 0 Å². The van der Waals surface area contributed by atoms with Crippen molar-refractivity contribution in [2.24, 2.45) is 0 Å². The van der Waals surface area contributed by atoms with Crippen molar-refractivity contribution in [1.29, 1.82) is 0 Å². The van der Waals surface area contributed by atoms with E-state index in [0.717, 1.165) is 18.7 Å². The molecule has 0 heterocycles. The summed E-state index contributed by atoms with van der Waals surface area (Å²) < 4.78 is 5.30. The van der Waals surface area contributed by atoms with Crippen LogP contribution in [0.1, 0.15) is 22.6 Å². The maximum Gasteiger partial charge on any atom is 0.119 e. The molecule has 0 amide bonds. The lowest BCUT2D eigenvalue weighted by atomic mass is 9.91. The summed E-state index contributed by atoms with van der Waals surface area (Å²) in [6.07, 6.45) is 1.01. The van der Waals surface area contributed by atoms with Crippen molar-refractivity contribution in [3.8, 4) is 5.75 Å². The normalized spacial score (nSPS) is 12.2. The Morgan fingerprint density at radius 1 is 1.10 bits per heavy atom. The van der Waals surface area contributed by atoms with Crippen LogP contribution < -0.4 is 10.1 Å². The molecule has 1 atom stereocenters. The molecule has 0 aromatic heterocycles. The zero-order valence-electron chi connectivity index (χ0n) is 12.5. The molecule has 0 fully saturated rings. The van der Waals surface area contributed by atoms with Gasteiger partial charge in [0, 0.05) is 12.5 Å². The molecule has 0 spiro atoms. The van der Waals surface area contributed by atoms with Crippen LogP contribution in [0.25, 0.3) is 0 Å². The summed E-state index contributed by atoms with van der Waals surface area (Å²) in [5.41, 5.74) is 4.00. The molecule has 2 aromatic carbocycles. The van der Waals surface area contributed by atoms with Crippen molar-refractivity contribution in [3.05, 3.63) is 65.2 Å². The van der Waals surface area contributed by atoms with E-state index in [1.807, 2.05) is 13.1 Å². The number of ether oxygens (including phenoxy) is 1. The van der Waals surface area contributed by atoms with Crippen LogP contribution in [0.4, 0.5) is 0 Å². The molecule has 0 aliphatic rings. The van der Waals surface area contributed by atoms with Crippen LogP contribution in [0.3, 0.4) is 0 Å². The van der Waals surface area contributed by atoms with Gasteiger partial charge in [-0.3, -0.25) is 0 Å². The number of benzene rings is 2. The van der Waals surface area contributed by atoms with Crippen LogP contribution in [-0.2, 0) is 6.42 Å². The second-order valence-corrected chi connectivity index (χ2v) is 5.22. The summed E-state index contributed by atoms with van der Waals surface area (Å²) in [6, 6.07) is 17.2. The average molecular weight is 269 g/mol. The van der Waals surface area contributed by atoms with Crippen LogP contribution in [0.5, 0.6) is 5.75 Å². The third-order valence-electron chi connectivity index (χ3n) is 3.62. The van der Waals surface area contributed by atoms with Gasteiger partial charge < -0.3 is 10.1 Å². The Morgan fingerprint density at radius 3 is 2.50 bits per heavy atom. The number of hydrogen-bond donors (Lipinski definition) is 1. The van der Waals surface area contributed by atoms with Gasteiger partial charge in [0.1, 0.15) is 5.75 Å². The number of rotatable bonds is 6. The second kappa shape index (κ2) is 7.11. The van der Waals surface area contributed by atoms with E-state index in [9.17, 15) is 0 Å². The molecule has 2 nitrogen and oxygen atoms in total. The van der Waals surface area contributed by atoms with E-state index in [4.69, 9.17) is 4.74 Å². The number of hydrogen-bond acceptors (Lipinski definition) is 2. The van der Waals surface area contributed by atoms with E-state index in [-0.39, 0.29) is 0 Å². The number of likely N-dealkylation sites (N-methyl/N-ethyl adjacent to an activating group) is 1. The lowest BCUT2D eigenvalue weighted by Gasteiger charge is -2.18. The lowest BCUT2D eigenvalue weighted by molar-refractivity contribution is 0.414. The Bertz CT molecular complexity index is 533. The summed E-state index contributed by atoms with van der Waals surface area (Å²) in [5.74, 6) is 1.40. The summed E-state index contributed by atoms with van der Waals surface area (Å²) in [5, 5.41) is 3.30. The molecule has 0 radical (unpaired) electrons. The van der Waals surface area contributed by atoms with Gasteiger partial charge in [0.25, 0.3) is 0 Å². The molecule has 20 heavy (non-hydrogen) atoms. The number of aryl methyl sites for hydroxylation is 1. The van der Waals surface area contributed by atoms with Gasteiger partial charge in [-0.1, -0.05) is 42.0 Å². The monoisotopic (exact) mass is 269 g/mol. The van der Waals surface area contributed by atoms with Gasteiger partial charge in [-0.25, -0.2) is 0 Å². The minimum absolute atomic E-state index is 0.479. The molecule has 0 bridgehead atoms. The third kappa shape index (κ3) is 3.84. The molecule has 0 saturated heterocycles. The van der Waals surface area contributed by atoms with Crippen LogP contribution in [0.15, 0.2) is 48.5 Å². The highest BCUT2D eigenvalue weighted by atomic mass is 16.5. The second-order valence-electron chi connectivity index (χ2n) is 5.22. The first-order valence-corrected chi connectivity index (χ1v) is 7.07. The molecule has 2 rings (SSSR count). The number of methoxy groups -OCH3 is 1. The highest BCUT2D eigenvalue weighted by Gasteiger charge is 2.12. The van der Waals surface area contributed by atoms with E-state index in [0.29, 0.717) is 5.92 Å². The maximum atomic E-state index is 5.30. The SMILES string of the molecule is CNCC(Cc1cccc(OC)c1)c1ccc(C)cc1. The molecule has 2 heteroatoms. The standard InChI is InChI=1S/C18H23NO/c1-14-7-9-16(10-8-14)17(13-19-2)11-15-5-4-6-18(12-15)20-3/h4-10,12,17,19H,11,13H2,1-3H3. The fourth-order valence-electron chi connectivity index (χ4n) is 2.48. The van der Waals surface area contributed by atoms with Crippen LogP contribution >= 0.6 is 0 Å². The van der Waals surface area contributed by atoms with Crippen molar-refractivity contribution in [1.82, 2.24) is 5.32 Å². The van der Waals surface area contributed by atoms with E-state index in [1.54, 1.807) is 7.11 Å². The molecular formula is C18H23NO. The van der Waals surface area contributed by atoms with E-state index in [2.05, 4.69) is 54.7 Å². The predicted molar refractivity (Wildman–Crippen MR) is 84.5 cm³/mol. The lowest BCUT2D eigenvalue weighted by Crippen LogP contribution is -2.19. The fourth-order valence-corrected chi connectivity index (χ4v) is 2.48. The van der Waals surface area contributed by atoms with E-state index in [1.165, 1.54) is 16.7 Å². The van der Waals surface area contributed by atoms with Gasteiger partial charge in [0.15, 0.2) is 0 Å². The first-order chi connectivity index (χ1) is 9.72. The van der Waals surface area contributed by atoms with Crippen molar-refractivity contribution in [3.63, 3.8) is 0 Å². The molecule has 2 aromatic rings. The van der Waals surface area contributed by atoms with Crippen molar-refractivity contribution in [2.75, 3.05) is 20.7 Å². The maximum absolute atomic E-state index is 5.30. The van der Waals surface area contributed by atoms with Gasteiger partial charge >= 0.3 is 0 Å². The molecule has 1 unspecified atom stereocenters. The Labute approximate surface area is 121 Å². The summed E-state index contributed by atoms with van der Waals surface area (Å²) in [7, 11) is 3.72. The molecule has 0 aliphatic carbocycles. The van der Waals surface area contributed by atoms with Crippen LogP contribution in [0, 0.1) is 6.92 Å². The van der Waals surface area contributed by atoms with Crippen molar-refractivity contribution >= 4 is 0 Å². The zero-order chi connectivity index (χ0) is 14.4. The summed E-state index contributed by atoms with van der Waals surface area (Å²) in [6.45, 7) is 3.10. The minimum atomic E-state index is 0.479. The molecule has 106 valence electrons. The third-order valence-corrected chi connectivity index (χ3v) is 3.62. The summed E-state index contributed by atoms with van der Waals surface area (Å²) in [4.78, 5) is 0. The predicted octanol–water partition coefficient (Wildman–Crippen LogP) is 3.55. The van der Waals surface area contributed by atoms with Crippen LogP contribution in [-0.4, -0.2) is 20.7 Å². The summed E-state index contributed by atoms with van der Waals surface area (Å²) >= 11 is 0. The highest BCUT2D eigenvalue weighted by molar-refractivity contribution is 5.32. The van der Waals surface area contributed by atoms with E-state index >= 15 is 0 Å². The fraction of sp³-hybridized carbons (Fsp3) is 0.333. The van der Waals surface area contributed by atoms with Crippen LogP contribution in [0.2, 0.25) is 0 Å². The van der Waals surface area contributed by atoms with Gasteiger partial charge in [0.2, 0.25) is 0 Å². The van der Waals surface area contributed by atoms with Gasteiger partial charge in [0.05, 0.1) is 7.11 Å². The Kier molecular flexibility index (Phi) is 5.19. The Morgan fingerprint density at radius 2 is 1.85 bits per heavy atom. The zero-order valence-corrected chi connectivity index (χ0v) is 12.5. The Balaban J connectivity index is 2.18. The largest absolute Gasteiger partial charge is 0.497 e. The average Bonchev–Trinajstić information content (AvgIpc) is 2.48. The van der Waals surface area contributed by atoms with Gasteiger partial charge in [-0.2, -0.15) is 0 Å². The minimum Gasteiger partial charge on any atom is -0.497 e. The first kappa shape index (κ1) is 14.6. The molecular weight excluding hydrogens is 246 g/mol. The van der Waals surface area contributed by atoms with Crippen molar-refractivity contribution in [2.45, 2.75) is 19.3 Å².